The summed E-state index contributed by atoms with van der Waals surface area (Å²) in [5, 5.41) is 14.7. The number of carboxylic acids is 1. The molecule has 2 saturated carbocycles. The minimum Gasteiger partial charge on any atom is -0.481 e. The van der Waals surface area contributed by atoms with Crippen LogP contribution in [0.15, 0.2) is 0 Å². The molecule has 2 rings (SSSR count). The van der Waals surface area contributed by atoms with Gasteiger partial charge in [0.15, 0.2) is 0 Å². The minimum atomic E-state index is -0.745. The van der Waals surface area contributed by atoms with Gasteiger partial charge in [0.1, 0.15) is 0 Å². The molecule has 0 bridgehead atoms. The fourth-order valence-corrected chi connectivity index (χ4v) is 2.82. The van der Waals surface area contributed by atoms with Crippen molar-refractivity contribution in [3.05, 3.63) is 0 Å². The number of hydrogen-bond acceptors (Lipinski definition) is 2. The van der Waals surface area contributed by atoms with Crippen molar-refractivity contribution in [1.82, 2.24) is 10.6 Å². The molecule has 0 aromatic carbocycles. The lowest BCUT2D eigenvalue weighted by atomic mass is 10.1. The highest BCUT2D eigenvalue weighted by Crippen LogP contribution is 2.25. The van der Waals surface area contributed by atoms with Crippen LogP contribution in [0.1, 0.15) is 44.9 Å². The molecule has 96 valence electrons. The lowest BCUT2D eigenvalue weighted by Gasteiger charge is -2.16. The van der Waals surface area contributed by atoms with Gasteiger partial charge in [0.25, 0.3) is 0 Å². The van der Waals surface area contributed by atoms with Gasteiger partial charge in [-0.2, -0.15) is 0 Å². The molecule has 3 N–H and O–H groups in total. The summed E-state index contributed by atoms with van der Waals surface area (Å²) in [6, 6.07) is 0.206. The van der Waals surface area contributed by atoms with Gasteiger partial charge in [-0.05, 0) is 32.1 Å². The van der Waals surface area contributed by atoms with Crippen LogP contribution in [0, 0.1) is 5.92 Å². The molecule has 0 aromatic rings. The van der Waals surface area contributed by atoms with Gasteiger partial charge in [-0.25, -0.2) is 4.79 Å². The van der Waals surface area contributed by atoms with Crippen LogP contribution in [0.3, 0.4) is 0 Å². The summed E-state index contributed by atoms with van der Waals surface area (Å²) >= 11 is 0. The van der Waals surface area contributed by atoms with E-state index in [1.54, 1.807) is 0 Å². The molecule has 2 aliphatic rings. The average molecular weight is 240 g/mol. The highest BCUT2D eigenvalue weighted by molar-refractivity contribution is 5.75. The zero-order chi connectivity index (χ0) is 12.3. The number of hydrogen-bond donors (Lipinski definition) is 3. The van der Waals surface area contributed by atoms with Gasteiger partial charge in [-0.1, -0.05) is 12.8 Å². The second-order valence-corrected chi connectivity index (χ2v) is 5.14. The quantitative estimate of drug-likeness (QED) is 0.699. The lowest BCUT2D eigenvalue weighted by molar-refractivity contribution is -0.141. The second kappa shape index (κ2) is 5.38. The highest BCUT2D eigenvalue weighted by Gasteiger charge is 2.30. The van der Waals surface area contributed by atoms with Crippen LogP contribution in [0.25, 0.3) is 0 Å². The number of carboxylic acid groups (broad SMARTS) is 1. The monoisotopic (exact) mass is 240 g/mol. The topological polar surface area (TPSA) is 78.4 Å². The Morgan fingerprint density at radius 3 is 2.18 bits per heavy atom. The molecule has 2 atom stereocenters. The maximum absolute atomic E-state index is 11.7. The van der Waals surface area contributed by atoms with Crippen molar-refractivity contribution in [3.63, 3.8) is 0 Å². The first-order valence-corrected chi connectivity index (χ1v) is 6.45. The summed E-state index contributed by atoms with van der Waals surface area (Å²) < 4.78 is 0. The van der Waals surface area contributed by atoms with E-state index >= 15 is 0 Å². The third-order valence-electron chi connectivity index (χ3n) is 3.81. The van der Waals surface area contributed by atoms with Gasteiger partial charge in [0, 0.05) is 12.1 Å². The Balaban J connectivity index is 1.70. The number of amides is 2. The SMILES string of the molecule is O=C(NC1CCCC1)N[C@H]1CC[C@@H](C(=O)O)C1. The Labute approximate surface area is 101 Å². The number of urea groups is 1. The van der Waals surface area contributed by atoms with E-state index in [9.17, 15) is 9.59 Å². The van der Waals surface area contributed by atoms with Crippen LogP contribution in [0.2, 0.25) is 0 Å². The van der Waals surface area contributed by atoms with Gasteiger partial charge >= 0.3 is 12.0 Å². The van der Waals surface area contributed by atoms with Gasteiger partial charge in [-0.3, -0.25) is 4.79 Å². The number of nitrogens with one attached hydrogen (secondary N) is 2. The van der Waals surface area contributed by atoms with E-state index in [0.29, 0.717) is 18.9 Å². The van der Waals surface area contributed by atoms with E-state index in [4.69, 9.17) is 5.11 Å². The summed E-state index contributed by atoms with van der Waals surface area (Å²) in [7, 11) is 0. The normalized spacial score (nSPS) is 29.2. The van der Waals surface area contributed by atoms with E-state index in [0.717, 1.165) is 19.3 Å². The molecule has 0 heterocycles. The lowest BCUT2D eigenvalue weighted by Crippen LogP contribution is -2.44. The fraction of sp³-hybridized carbons (Fsp3) is 0.833. The summed E-state index contributed by atoms with van der Waals surface area (Å²) in [5.41, 5.74) is 0. The third kappa shape index (κ3) is 3.35. The minimum absolute atomic E-state index is 0.0255. The number of carbonyl (C=O) groups is 2. The molecule has 0 aliphatic heterocycles. The summed E-state index contributed by atoms with van der Waals surface area (Å²) in [4.78, 5) is 22.4. The predicted octanol–water partition coefficient (Wildman–Crippen LogP) is 1.48. The molecular weight excluding hydrogens is 220 g/mol. The smallest absolute Gasteiger partial charge is 0.315 e. The molecule has 17 heavy (non-hydrogen) atoms. The first kappa shape index (κ1) is 12.2. The molecule has 2 aliphatic carbocycles. The Kier molecular flexibility index (Phi) is 3.86. The zero-order valence-corrected chi connectivity index (χ0v) is 9.95. The van der Waals surface area contributed by atoms with Crippen LogP contribution < -0.4 is 10.6 Å². The summed E-state index contributed by atoms with van der Waals surface area (Å²) in [6.07, 6.45) is 6.52. The van der Waals surface area contributed by atoms with E-state index in [-0.39, 0.29) is 18.0 Å². The van der Waals surface area contributed by atoms with Crippen molar-refractivity contribution in [3.8, 4) is 0 Å². The van der Waals surface area contributed by atoms with Crippen LogP contribution >= 0.6 is 0 Å². The molecule has 2 amide bonds. The maximum Gasteiger partial charge on any atom is 0.315 e. The van der Waals surface area contributed by atoms with Crippen molar-refractivity contribution in [2.45, 2.75) is 57.0 Å². The van der Waals surface area contributed by atoms with E-state index in [1.165, 1.54) is 12.8 Å². The third-order valence-corrected chi connectivity index (χ3v) is 3.81. The van der Waals surface area contributed by atoms with E-state index < -0.39 is 5.97 Å². The number of carbonyl (C=O) groups excluding carboxylic acids is 1. The first-order chi connectivity index (χ1) is 8.15. The molecule has 0 saturated heterocycles. The van der Waals surface area contributed by atoms with Crippen molar-refractivity contribution in [2.24, 2.45) is 5.92 Å². The maximum atomic E-state index is 11.7. The molecule has 2 fully saturated rings. The van der Waals surface area contributed by atoms with Crippen molar-refractivity contribution in [1.29, 1.82) is 0 Å². The van der Waals surface area contributed by atoms with Crippen molar-refractivity contribution < 1.29 is 14.7 Å². The molecule has 5 heteroatoms. The fourth-order valence-electron chi connectivity index (χ4n) is 2.82. The highest BCUT2D eigenvalue weighted by atomic mass is 16.4. The Morgan fingerprint density at radius 1 is 0.941 bits per heavy atom. The Morgan fingerprint density at radius 2 is 1.59 bits per heavy atom. The molecular formula is C12H20N2O3. The van der Waals surface area contributed by atoms with Gasteiger partial charge < -0.3 is 15.7 Å². The molecule has 5 nitrogen and oxygen atoms in total. The van der Waals surface area contributed by atoms with Crippen LogP contribution in [-0.2, 0) is 4.79 Å². The summed E-state index contributed by atoms with van der Waals surface area (Å²) in [6.45, 7) is 0. The largest absolute Gasteiger partial charge is 0.481 e. The molecule has 0 aromatic heterocycles. The zero-order valence-electron chi connectivity index (χ0n) is 9.95. The van der Waals surface area contributed by atoms with Crippen LogP contribution in [0.5, 0.6) is 0 Å². The van der Waals surface area contributed by atoms with E-state index in [2.05, 4.69) is 10.6 Å². The molecule has 0 unspecified atom stereocenters. The van der Waals surface area contributed by atoms with Gasteiger partial charge in [0.05, 0.1) is 5.92 Å². The van der Waals surface area contributed by atoms with E-state index in [1.807, 2.05) is 0 Å². The second-order valence-electron chi connectivity index (χ2n) is 5.14. The first-order valence-electron chi connectivity index (χ1n) is 6.45. The average Bonchev–Trinajstić information content (AvgIpc) is 2.88. The standard InChI is InChI=1S/C12H20N2O3/c15-11(16)8-5-6-10(7-8)14-12(17)13-9-3-1-2-4-9/h8-10H,1-7H2,(H,15,16)(H2,13,14,17)/t8-,10+/m1/s1. The van der Waals surface area contributed by atoms with Crippen molar-refractivity contribution in [2.75, 3.05) is 0 Å². The summed E-state index contributed by atoms with van der Waals surface area (Å²) in [5.74, 6) is -1.03. The Bertz CT molecular complexity index is 300. The molecule has 0 spiro atoms. The predicted molar refractivity (Wildman–Crippen MR) is 62.7 cm³/mol. The van der Waals surface area contributed by atoms with Gasteiger partial charge in [-0.15, -0.1) is 0 Å². The number of aliphatic carboxylic acids is 1. The van der Waals surface area contributed by atoms with Crippen LogP contribution in [-0.4, -0.2) is 29.2 Å². The van der Waals surface area contributed by atoms with Crippen LogP contribution in [0.4, 0.5) is 4.79 Å². The van der Waals surface area contributed by atoms with Gasteiger partial charge in [0.2, 0.25) is 0 Å². The van der Waals surface area contributed by atoms with Crippen molar-refractivity contribution >= 4 is 12.0 Å². The molecule has 0 radical (unpaired) electrons. The number of rotatable bonds is 3. The Hall–Kier alpha value is -1.26.